The molecule has 1 fully saturated rings. The SMILES string of the molecule is NCC1(CC(=O)Nc2ccc(Cn3cccn3)cc2)CCCCC1. The van der Waals surface area contributed by atoms with E-state index in [9.17, 15) is 4.79 Å². The predicted octanol–water partition coefficient (Wildman–Crippen LogP) is 3.17. The van der Waals surface area contributed by atoms with Crippen molar-refractivity contribution in [2.75, 3.05) is 11.9 Å². The highest BCUT2D eigenvalue weighted by molar-refractivity contribution is 5.91. The van der Waals surface area contributed by atoms with Crippen LogP contribution in [0.1, 0.15) is 44.1 Å². The van der Waals surface area contributed by atoms with E-state index >= 15 is 0 Å². The first kappa shape index (κ1) is 16.7. The average Bonchev–Trinajstić information content (AvgIpc) is 3.10. The van der Waals surface area contributed by atoms with Crippen molar-refractivity contribution in [3.05, 3.63) is 48.3 Å². The zero-order valence-electron chi connectivity index (χ0n) is 14.1. The highest BCUT2D eigenvalue weighted by atomic mass is 16.1. The van der Waals surface area contributed by atoms with E-state index in [1.165, 1.54) is 19.3 Å². The number of benzene rings is 1. The van der Waals surface area contributed by atoms with Crippen LogP contribution < -0.4 is 11.1 Å². The van der Waals surface area contributed by atoms with Gasteiger partial charge in [-0.15, -0.1) is 0 Å². The van der Waals surface area contributed by atoms with Gasteiger partial charge in [-0.05, 0) is 48.6 Å². The molecule has 1 aliphatic carbocycles. The first-order chi connectivity index (χ1) is 11.7. The van der Waals surface area contributed by atoms with Crippen LogP contribution >= 0.6 is 0 Å². The van der Waals surface area contributed by atoms with Crippen molar-refractivity contribution in [1.29, 1.82) is 0 Å². The number of hydrogen-bond acceptors (Lipinski definition) is 3. The lowest BCUT2D eigenvalue weighted by Crippen LogP contribution is -2.36. The third kappa shape index (κ3) is 4.23. The summed E-state index contributed by atoms with van der Waals surface area (Å²) in [4.78, 5) is 12.4. The molecule has 0 unspecified atom stereocenters. The Balaban J connectivity index is 1.56. The highest BCUT2D eigenvalue weighted by Crippen LogP contribution is 2.38. The Labute approximate surface area is 143 Å². The topological polar surface area (TPSA) is 72.9 Å². The molecule has 5 nitrogen and oxygen atoms in total. The molecule has 1 heterocycles. The van der Waals surface area contributed by atoms with E-state index in [-0.39, 0.29) is 11.3 Å². The number of carbonyl (C=O) groups excluding carboxylic acids is 1. The summed E-state index contributed by atoms with van der Waals surface area (Å²) < 4.78 is 1.88. The maximum atomic E-state index is 12.4. The van der Waals surface area contributed by atoms with Crippen LogP contribution in [0, 0.1) is 5.41 Å². The smallest absolute Gasteiger partial charge is 0.224 e. The number of aromatic nitrogens is 2. The highest BCUT2D eigenvalue weighted by Gasteiger charge is 2.32. The van der Waals surface area contributed by atoms with E-state index in [0.717, 1.165) is 30.6 Å². The lowest BCUT2D eigenvalue weighted by atomic mass is 9.71. The maximum absolute atomic E-state index is 12.4. The minimum absolute atomic E-state index is 0.00235. The first-order valence-corrected chi connectivity index (χ1v) is 8.75. The van der Waals surface area contributed by atoms with Gasteiger partial charge in [-0.3, -0.25) is 9.48 Å². The molecule has 0 saturated heterocycles. The molecule has 1 aliphatic rings. The fourth-order valence-corrected chi connectivity index (χ4v) is 3.58. The lowest BCUT2D eigenvalue weighted by Gasteiger charge is -2.35. The number of nitrogens with two attached hydrogens (primary N) is 1. The molecule has 0 spiro atoms. The Morgan fingerprint density at radius 2 is 1.96 bits per heavy atom. The molecule has 5 heteroatoms. The molecular formula is C19H26N4O. The standard InChI is InChI=1S/C19H26N4O/c20-15-19(9-2-1-3-10-19)13-18(24)22-17-7-5-16(6-8-17)14-23-12-4-11-21-23/h4-8,11-12H,1-3,9-10,13-15,20H2,(H,22,24). The molecule has 3 N–H and O–H groups in total. The third-order valence-corrected chi connectivity index (χ3v) is 5.02. The third-order valence-electron chi connectivity index (χ3n) is 5.02. The number of nitrogens with one attached hydrogen (secondary N) is 1. The van der Waals surface area contributed by atoms with Gasteiger partial charge in [0.05, 0.1) is 6.54 Å². The second-order valence-electron chi connectivity index (χ2n) is 6.89. The number of rotatable bonds is 6. The van der Waals surface area contributed by atoms with E-state index in [4.69, 9.17) is 5.73 Å². The van der Waals surface area contributed by atoms with Crippen LogP contribution in [-0.4, -0.2) is 22.2 Å². The molecule has 1 amide bonds. The summed E-state index contributed by atoms with van der Waals surface area (Å²) in [5.41, 5.74) is 7.97. The fourth-order valence-electron chi connectivity index (χ4n) is 3.58. The van der Waals surface area contributed by atoms with Crippen molar-refractivity contribution in [2.24, 2.45) is 11.1 Å². The molecule has 1 aromatic carbocycles. The molecule has 24 heavy (non-hydrogen) atoms. The summed E-state index contributed by atoms with van der Waals surface area (Å²) >= 11 is 0. The van der Waals surface area contributed by atoms with Gasteiger partial charge in [0, 0.05) is 24.5 Å². The van der Waals surface area contributed by atoms with E-state index in [2.05, 4.69) is 10.4 Å². The summed E-state index contributed by atoms with van der Waals surface area (Å²) in [6.45, 7) is 1.33. The van der Waals surface area contributed by atoms with Gasteiger partial charge in [-0.1, -0.05) is 31.4 Å². The summed E-state index contributed by atoms with van der Waals surface area (Å²) in [6, 6.07) is 9.86. The van der Waals surface area contributed by atoms with Crippen LogP contribution in [0.15, 0.2) is 42.7 Å². The van der Waals surface area contributed by atoms with Gasteiger partial charge in [-0.25, -0.2) is 0 Å². The van der Waals surface area contributed by atoms with Gasteiger partial charge >= 0.3 is 0 Å². The number of anilines is 1. The molecule has 0 bridgehead atoms. The van der Waals surface area contributed by atoms with Crippen LogP contribution in [0.25, 0.3) is 0 Å². The van der Waals surface area contributed by atoms with Gasteiger partial charge in [0.25, 0.3) is 0 Å². The molecule has 2 aromatic rings. The Kier molecular flexibility index (Phi) is 5.30. The second kappa shape index (κ2) is 7.62. The molecular weight excluding hydrogens is 300 g/mol. The molecule has 0 aliphatic heterocycles. The van der Waals surface area contributed by atoms with Gasteiger partial charge < -0.3 is 11.1 Å². The monoisotopic (exact) mass is 326 g/mol. The van der Waals surface area contributed by atoms with Crippen molar-refractivity contribution >= 4 is 11.6 Å². The molecule has 1 saturated carbocycles. The Hall–Kier alpha value is -2.14. The predicted molar refractivity (Wildman–Crippen MR) is 95.6 cm³/mol. The summed E-state index contributed by atoms with van der Waals surface area (Å²) in [5.74, 6) is 0.0715. The van der Waals surface area contributed by atoms with Gasteiger partial charge in [0.2, 0.25) is 5.91 Å². The van der Waals surface area contributed by atoms with Crippen molar-refractivity contribution < 1.29 is 4.79 Å². The van der Waals surface area contributed by atoms with Crippen LogP contribution in [0.4, 0.5) is 5.69 Å². The molecule has 1 aromatic heterocycles. The maximum Gasteiger partial charge on any atom is 0.224 e. The quantitative estimate of drug-likeness (QED) is 0.856. The number of nitrogens with zero attached hydrogens (tertiary/aromatic N) is 2. The van der Waals surface area contributed by atoms with Crippen LogP contribution in [0.3, 0.4) is 0 Å². The molecule has 3 rings (SSSR count). The van der Waals surface area contributed by atoms with E-state index in [1.54, 1.807) is 6.20 Å². The normalized spacial score (nSPS) is 16.7. The number of hydrogen-bond donors (Lipinski definition) is 2. The van der Waals surface area contributed by atoms with Crippen molar-refractivity contribution in [2.45, 2.75) is 45.1 Å². The Morgan fingerprint density at radius 1 is 1.21 bits per heavy atom. The Bertz CT molecular complexity index is 643. The minimum atomic E-state index is 0.00235. The summed E-state index contributed by atoms with van der Waals surface area (Å²) in [7, 11) is 0. The molecule has 128 valence electrons. The van der Waals surface area contributed by atoms with Crippen molar-refractivity contribution in [3.8, 4) is 0 Å². The largest absolute Gasteiger partial charge is 0.330 e. The van der Waals surface area contributed by atoms with Gasteiger partial charge in [0.15, 0.2) is 0 Å². The van der Waals surface area contributed by atoms with Crippen molar-refractivity contribution in [1.82, 2.24) is 9.78 Å². The Morgan fingerprint density at radius 3 is 2.58 bits per heavy atom. The van der Waals surface area contributed by atoms with E-state index < -0.39 is 0 Å². The van der Waals surface area contributed by atoms with Gasteiger partial charge in [0.1, 0.15) is 0 Å². The first-order valence-electron chi connectivity index (χ1n) is 8.75. The average molecular weight is 326 g/mol. The summed E-state index contributed by atoms with van der Waals surface area (Å²) in [5, 5.41) is 7.22. The molecule has 0 atom stereocenters. The number of carbonyl (C=O) groups is 1. The number of amides is 1. The zero-order chi connectivity index (χ0) is 16.8. The van der Waals surface area contributed by atoms with Crippen LogP contribution in [-0.2, 0) is 11.3 Å². The second-order valence-corrected chi connectivity index (χ2v) is 6.89. The van der Waals surface area contributed by atoms with Crippen LogP contribution in [0.5, 0.6) is 0 Å². The zero-order valence-corrected chi connectivity index (χ0v) is 14.1. The fraction of sp³-hybridized carbons (Fsp3) is 0.474. The van der Waals surface area contributed by atoms with Crippen molar-refractivity contribution in [3.63, 3.8) is 0 Å². The lowest BCUT2D eigenvalue weighted by molar-refractivity contribution is -0.118. The van der Waals surface area contributed by atoms with E-state index in [1.807, 2.05) is 41.2 Å². The van der Waals surface area contributed by atoms with Gasteiger partial charge in [-0.2, -0.15) is 5.10 Å². The molecule has 0 radical (unpaired) electrons. The van der Waals surface area contributed by atoms with E-state index in [0.29, 0.717) is 13.0 Å². The summed E-state index contributed by atoms with van der Waals surface area (Å²) in [6.07, 6.45) is 10.0. The van der Waals surface area contributed by atoms with Crippen LogP contribution in [0.2, 0.25) is 0 Å². The minimum Gasteiger partial charge on any atom is -0.330 e.